The van der Waals surface area contributed by atoms with Gasteiger partial charge in [-0.1, -0.05) is 6.92 Å². The summed E-state index contributed by atoms with van der Waals surface area (Å²) in [6, 6.07) is 7.25. The van der Waals surface area contributed by atoms with Crippen molar-refractivity contribution in [2.24, 2.45) is 11.7 Å². The molecule has 2 rings (SSSR count). The van der Waals surface area contributed by atoms with Gasteiger partial charge in [0.15, 0.2) is 0 Å². The summed E-state index contributed by atoms with van der Waals surface area (Å²) >= 11 is 0. The van der Waals surface area contributed by atoms with E-state index in [0.717, 1.165) is 24.7 Å². The van der Waals surface area contributed by atoms with Crippen LogP contribution in [-0.4, -0.2) is 25.0 Å². The second-order valence-electron chi connectivity index (χ2n) is 5.72. The SMILES string of the molecule is C#CCC(N)C(=O)Nc1ccc(N2CCC(C)CC2)cc1. The zero-order chi connectivity index (χ0) is 15.2. The topological polar surface area (TPSA) is 58.4 Å². The first kappa shape index (κ1) is 15.4. The monoisotopic (exact) mass is 285 g/mol. The van der Waals surface area contributed by atoms with Crippen LogP contribution in [0.15, 0.2) is 24.3 Å². The fraction of sp³-hybridized carbons (Fsp3) is 0.471. The van der Waals surface area contributed by atoms with Crippen LogP contribution in [0.1, 0.15) is 26.2 Å². The second kappa shape index (κ2) is 7.14. The summed E-state index contributed by atoms with van der Waals surface area (Å²) in [5.41, 5.74) is 7.63. The van der Waals surface area contributed by atoms with Crippen molar-refractivity contribution in [3.8, 4) is 12.3 Å². The Morgan fingerprint density at radius 2 is 2.05 bits per heavy atom. The Balaban J connectivity index is 1.93. The van der Waals surface area contributed by atoms with Gasteiger partial charge in [0.05, 0.1) is 6.04 Å². The van der Waals surface area contributed by atoms with Crippen molar-refractivity contribution < 1.29 is 4.79 Å². The van der Waals surface area contributed by atoms with E-state index >= 15 is 0 Å². The third-order valence-corrected chi connectivity index (χ3v) is 3.96. The molecule has 0 spiro atoms. The van der Waals surface area contributed by atoms with E-state index in [1.54, 1.807) is 0 Å². The molecule has 1 fully saturated rings. The van der Waals surface area contributed by atoms with Gasteiger partial charge in [-0.15, -0.1) is 12.3 Å². The molecular weight excluding hydrogens is 262 g/mol. The van der Waals surface area contributed by atoms with Crippen LogP contribution < -0.4 is 16.0 Å². The minimum atomic E-state index is -0.654. The van der Waals surface area contributed by atoms with Gasteiger partial charge in [0.25, 0.3) is 0 Å². The zero-order valence-corrected chi connectivity index (χ0v) is 12.5. The molecule has 0 bridgehead atoms. The smallest absolute Gasteiger partial charge is 0.242 e. The van der Waals surface area contributed by atoms with Crippen LogP contribution in [-0.2, 0) is 4.79 Å². The molecule has 0 aromatic heterocycles. The van der Waals surface area contributed by atoms with E-state index in [1.807, 2.05) is 24.3 Å². The third-order valence-electron chi connectivity index (χ3n) is 3.96. The highest BCUT2D eigenvalue weighted by Gasteiger charge is 2.16. The highest BCUT2D eigenvalue weighted by atomic mass is 16.2. The van der Waals surface area contributed by atoms with Crippen molar-refractivity contribution in [2.45, 2.75) is 32.2 Å². The van der Waals surface area contributed by atoms with Crippen molar-refractivity contribution in [1.82, 2.24) is 0 Å². The molecule has 1 aromatic carbocycles. The Kier molecular flexibility index (Phi) is 5.24. The van der Waals surface area contributed by atoms with E-state index in [1.165, 1.54) is 18.5 Å². The predicted molar refractivity (Wildman–Crippen MR) is 87.1 cm³/mol. The van der Waals surface area contributed by atoms with Gasteiger partial charge >= 0.3 is 0 Å². The number of anilines is 2. The molecule has 112 valence electrons. The molecule has 4 nitrogen and oxygen atoms in total. The van der Waals surface area contributed by atoms with Gasteiger partial charge in [0, 0.05) is 30.9 Å². The molecule has 3 N–H and O–H groups in total. The Labute approximate surface area is 126 Å². The van der Waals surface area contributed by atoms with Crippen molar-refractivity contribution in [3.05, 3.63) is 24.3 Å². The van der Waals surface area contributed by atoms with E-state index in [9.17, 15) is 4.79 Å². The molecule has 0 aliphatic carbocycles. The molecule has 1 heterocycles. The number of nitrogens with zero attached hydrogens (tertiary/aromatic N) is 1. The molecule has 1 unspecified atom stereocenters. The Morgan fingerprint density at radius 1 is 1.43 bits per heavy atom. The molecule has 1 aliphatic rings. The van der Waals surface area contributed by atoms with Gasteiger partial charge < -0.3 is 16.0 Å². The van der Waals surface area contributed by atoms with Gasteiger partial charge in [-0.3, -0.25) is 4.79 Å². The Morgan fingerprint density at radius 3 is 2.62 bits per heavy atom. The summed E-state index contributed by atoms with van der Waals surface area (Å²) in [5, 5.41) is 2.79. The maximum Gasteiger partial charge on any atom is 0.242 e. The lowest BCUT2D eigenvalue weighted by Crippen LogP contribution is -2.35. The van der Waals surface area contributed by atoms with Crippen LogP contribution in [0.5, 0.6) is 0 Å². The van der Waals surface area contributed by atoms with Crippen LogP contribution in [0.2, 0.25) is 0 Å². The molecule has 21 heavy (non-hydrogen) atoms. The molecule has 1 saturated heterocycles. The number of nitrogens with two attached hydrogens (primary N) is 1. The number of carbonyl (C=O) groups is 1. The van der Waals surface area contributed by atoms with E-state index in [-0.39, 0.29) is 12.3 Å². The molecular formula is C17H23N3O. The quantitative estimate of drug-likeness (QED) is 0.834. The molecule has 0 radical (unpaired) electrons. The predicted octanol–water partition coefficient (Wildman–Crippen LogP) is 2.21. The fourth-order valence-corrected chi connectivity index (χ4v) is 2.48. The van der Waals surface area contributed by atoms with Crippen molar-refractivity contribution in [3.63, 3.8) is 0 Å². The summed E-state index contributed by atoms with van der Waals surface area (Å²) in [7, 11) is 0. The maximum absolute atomic E-state index is 11.8. The summed E-state index contributed by atoms with van der Waals surface area (Å²) in [6.07, 6.45) is 7.87. The highest BCUT2D eigenvalue weighted by Crippen LogP contribution is 2.24. The summed E-state index contributed by atoms with van der Waals surface area (Å²) in [5.74, 6) is 2.97. The van der Waals surface area contributed by atoms with Gasteiger partial charge in [-0.25, -0.2) is 0 Å². The normalized spacial score (nSPS) is 17.1. The van der Waals surface area contributed by atoms with Gasteiger partial charge in [-0.05, 0) is 43.0 Å². The average molecular weight is 285 g/mol. The molecule has 1 amide bonds. The first-order valence-electron chi connectivity index (χ1n) is 7.45. The van der Waals surface area contributed by atoms with E-state index in [2.05, 4.69) is 23.1 Å². The number of terminal acetylenes is 1. The van der Waals surface area contributed by atoms with Gasteiger partial charge in [-0.2, -0.15) is 0 Å². The number of hydrogen-bond acceptors (Lipinski definition) is 3. The molecule has 0 saturated carbocycles. The molecule has 1 aromatic rings. The first-order valence-corrected chi connectivity index (χ1v) is 7.45. The zero-order valence-electron chi connectivity index (χ0n) is 12.5. The van der Waals surface area contributed by atoms with Crippen molar-refractivity contribution in [1.29, 1.82) is 0 Å². The number of rotatable bonds is 4. The van der Waals surface area contributed by atoms with Crippen molar-refractivity contribution >= 4 is 17.3 Å². The number of piperidine rings is 1. The number of benzene rings is 1. The van der Waals surface area contributed by atoms with Gasteiger partial charge in [0.1, 0.15) is 0 Å². The van der Waals surface area contributed by atoms with E-state index in [0.29, 0.717) is 0 Å². The van der Waals surface area contributed by atoms with Crippen LogP contribution in [0, 0.1) is 18.3 Å². The van der Waals surface area contributed by atoms with Crippen molar-refractivity contribution in [2.75, 3.05) is 23.3 Å². The summed E-state index contributed by atoms with van der Waals surface area (Å²) in [4.78, 5) is 14.2. The molecule has 1 aliphatic heterocycles. The minimum Gasteiger partial charge on any atom is -0.372 e. The number of hydrogen-bond donors (Lipinski definition) is 2. The number of nitrogens with one attached hydrogen (secondary N) is 1. The maximum atomic E-state index is 11.8. The minimum absolute atomic E-state index is 0.243. The summed E-state index contributed by atoms with van der Waals surface area (Å²) in [6.45, 7) is 4.50. The highest BCUT2D eigenvalue weighted by molar-refractivity contribution is 5.95. The molecule has 1 atom stereocenters. The van der Waals surface area contributed by atoms with E-state index in [4.69, 9.17) is 12.2 Å². The summed E-state index contributed by atoms with van der Waals surface area (Å²) < 4.78 is 0. The third kappa shape index (κ3) is 4.24. The average Bonchev–Trinajstić information content (AvgIpc) is 2.49. The van der Waals surface area contributed by atoms with Crippen LogP contribution >= 0.6 is 0 Å². The van der Waals surface area contributed by atoms with Gasteiger partial charge in [0.2, 0.25) is 5.91 Å². The van der Waals surface area contributed by atoms with E-state index < -0.39 is 6.04 Å². The Hall–Kier alpha value is -1.99. The van der Waals surface area contributed by atoms with Crippen LogP contribution in [0.25, 0.3) is 0 Å². The number of amides is 1. The second-order valence-corrected chi connectivity index (χ2v) is 5.72. The Bertz CT molecular complexity index is 510. The van der Waals surface area contributed by atoms with Crippen LogP contribution in [0.3, 0.4) is 0 Å². The lowest BCUT2D eigenvalue weighted by Gasteiger charge is -2.32. The standard InChI is InChI=1S/C17H23N3O/c1-3-4-16(18)17(21)19-14-5-7-15(8-6-14)20-11-9-13(2)10-12-20/h1,5-8,13,16H,4,9-12,18H2,2H3,(H,19,21). The first-order chi connectivity index (χ1) is 10.1. The largest absolute Gasteiger partial charge is 0.372 e. The number of carbonyl (C=O) groups excluding carboxylic acids is 1. The molecule has 4 heteroatoms. The lowest BCUT2D eigenvalue weighted by molar-refractivity contribution is -0.117. The van der Waals surface area contributed by atoms with Crippen LogP contribution in [0.4, 0.5) is 11.4 Å². The fourth-order valence-electron chi connectivity index (χ4n) is 2.48. The lowest BCUT2D eigenvalue weighted by atomic mass is 9.99.